The first-order chi connectivity index (χ1) is 9.56. The number of amides is 1. The van der Waals surface area contributed by atoms with Gasteiger partial charge in [0.2, 0.25) is 5.91 Å². The number of nitrogens with two attached hydrogens (primary N) is 1. The summed E-state index contributed by atoms with van der Waals surface area (Å²) in [5.74, 6) is 0.00391. The van der Waals surface area contributed by atoms with E-state index in [9.17, 15) is 4.79 Å². The molecule has 0 fully saturated rings. The maximum atomic E-state index is 11.8. The average molecular weight is 279 g/mol. The lowest BCUT2D eigenvalue weighted by molar-refractivity contribution is -0.116. The molecule has 1 unspecified atom stereocenters. The number of anilines is 1. The van der Waals surface area contributed by atoms with Gasteiger partial charge in [-0.1, -0.05) is 12.1 Å². The molecule has 5 heteroatoms. The summed E-state index contributed by atoms with van der Waals surface area (Å²) in [6.45, 7) is 3.35. The Kier molecular flexibility index (Phi) is 7.22. The lowest BCUT2D eigenvalue weighted by atomic mass is 10.2. The first-order valence-corrected chi connectivity index (χ1v) is 6.96. The molecule has 0 aromatic heterocycles. The predicted octanol–water partition coefficient (Wildman–Crippen LogP) is 1.18. The highest BCUT2D eigenvalue weighted by Crippen LogP contribution is 2.11. The predicted molar refractivity (Wildman–Crippen MR) is 81.4 cm³/mol. The number of hydrogen-bond donors (Lipinski definition) is 3. The van der Waals surface area contributed by atoms with Gasteiger partial charge in [-0.2, -0.15) is 0 Å². The van der Waals surface area contributed by atoms with E-state index in [0.29, 0.717) is 13.0 Å². The van der Waals surface area contributed by atoms with Gasteiger partial charge in [-0.15, -0.1) is 0 Å². The number of aliphatic hydroxyl groups excluding tert-OH is 1. The summed E-state index contributed by atoms with van der Waals surface area (Å²) in [6.07, 6.45) is 1.23. The van der Waals surface area contributed by atoms with Crippen LogP contribution in [0.3, 0.4) is 0 Å². The Morgan fingerprint density at radius 3 is 2.90 bits per heavy atom. The van der Waals surface area contributed by atoms with Crippen molar-refractivity contribution < 1.29 is 9.90 Å². The maximum Gasteiger partial charge on any atom is 0.224 e. The minimum Gasteiger partial charge on any atom is -0.395 e. The molecule has 1 rings (SSSR count). The largest absolute Gasteiger partial charge is 0.395 e. The van der Waals surface area contributed by atoms with Crippen molar-refractivity contribution in [2.45, 2.75) is 32.4 Å². The van der Waals surface area contributed by atoms with Gasteiger partial charge in [0.15, 0.2) is 0 Å². The Morgan fingerprint density at radius 1 is 1.50 bits per heavy atom. The molecule has 1 aromatic carbocycles. The third-order valence-corrected chi connectivity index (χ3v) is 3.38. The molecule has 0 bridgehead atoms. The number of aliphatic hydroxyl groups is 1. The molecule has 20 heavy (non-hydrogen) atoms. The topological polar surface area (TPSA) is 78.6 Å². The second-order valence-electron chi connectivity index (χ2n) is 5.07. The van der Waals surface area contributed by atoms with E-state index in [0.717, 1.165) is 24.2 Å². The number of nitrogens with one attached hydrogen (secondary N) is 1. The molecule has 0 radical (unpaired) electrons. The number of rotatable bonds is 8. The Morgan fingerprint density at radius 2 is 2.25 bits per heavy atom. The van der Waals surface area contributed by atoms with Crippen LogP contribution in [0.2, 0.25) is 0 Å². The molecule has 0 heterocycles. The van der Waals surface area contributed by atoms with E-state index in [1.807, 2.05) is 43.1 Å². The molecule has 0 saturated heterocycles. The highest BCUT2D eigenvalue weighted by atomic mass is 16.3. The van der Waals surface area contributed by atoms with Gasteiger partial charge >= 0.3 is 0 Å². The molecule has 0 aliphatic heterocycles. The summed E-state index contributed by atoms with van der Waals surface area (Å²) >= 11 is 0. The summed E-state index contributed by atoms with van der Waals surface area (Å²) in [4.78, 5) is 13.9. The molecule has 1 aromatic rings. The highest BCUT2D eigenvalue weighted by molar-refractivity contribution is 5.90. The zero-order chi connectivity index (χ0) is 15.0. The second-order valence-corrected chi connectivity index (χ2v) is 5.07. The van der Waals surface area contributed by atoms with Gasteiger partial charge in [0.05, 0.1) is 6.61 Å². The third-order valence-electron chi connectivity index (χ3n) is 3.38. The molecular formula is C15H25N3O2. The lowest BCUT2D eigenvalue weighted by Gasteiger charge is -2.22. The van der Waals surface area contributed by atoms with E-state index in [4.69, 9.17) is 10.8 Å². The summed E-state index contributed by atoms with van der Waals surface area (Å²) in [5.41, 5.74) is 7.35. The van der Waals surface area contributed by atoms with Crippen LogP contribution in [-0.2, 0) is 11.3 Å². The molecule has 4 N–H and O–H groups in total. The Balaban J connectivity index is 2.33. The Bertz CT molecular complexity index is 423. The molecular weight excluding hydrogens is 254 g/mol. The summed E-state index contributed by atoms with van der Waals surface area (Å²) in [7, 11) is 1.95. The van der Waals surface area contributed by atoms with Crippen LogP contribution in [0.5, 0.6) is 0 Å². The minimum atomic E-state index is 0.00391. The molecule has 0 spiro atoms. The third kappa shape index (κ3) is 5.69. The van der Waals surface area contributed by atoms with Crippen LogP contribution in [0.1, 0.15) is 25.3 Å². The van der Waals surface area contributed by atoms with Crippen molar-refractivity contribution in [1.82, 2.24) is 4.90 Å². The molecule has 0 saturated carbocycles. The van der Waals surface area contributed by atoms with Crippen molar-refractivity contribution in [1.29, 1.82) is 0 Å². The Labute approximate surface area is 120 Å². The number of carbonyl (C=O) groups is 1. The normalized spacial score (nSPS) is 12.4. The van der Waals surface area contributed by atoms with Gasteiger partial charge in [0, 0.05) is 24.7 Å². The van der Waals surface area contributed by atoms with Gasteiger partial charge in [-0.05, 0) is 44.6 Å². The van der Waals surface area contributed by atoms with Crippen LogP contribution in [0, 0.1) is 0 Å². The monoisotopic (exact) mass is 279 g/mol. The number of hydrogen-bond acceptors (Lipinski definition) is 4. The summed E-state index contributed by atoms with van der Waals surface area (Å²) in [6, 6.07) is 7.68. The standard InChI is InChI=1S/C15H25N3O2/c1-12(11-19)18(2)8-4-7-15(20)17-14-6-3-5-13(9-14)10-16/h3,5-6,9,12,19H,4,7-8,10-11,16H2,1-2H3,(H,17,20). The van der Waals surface area contributed by atoms with Crippen LogP contribution < -0.4 is 11.1 Å². The minimum absolute atomic E-state index is 0.00391. The van der Waals surface area contributed by atoms with E-state index >= 15 is 0 Å². The molecule has 112 valence electrons. The van der Waals surface area contributed by atoms with Gasteiger partial charge in [0.25, 0.3) is 0 Å². The number of likely N-dealkylation sites (N-methyl/N-ethyl adjacent to an activating group) is 1. The molecule has 0 aliphatic carbocycles. The zero-order valence-electron chi connectivity index (χ0n) is 12.3. The van der Waals surface area contributed by atoms with Crippen molar-refractivity contribution in [2.75, 3.05) is 25.5 Å². The maximum absolute atomic E-state index is 11.8. The number of carbonyl (C=O) groups excluding carboxylic acids is 1. The second kappa shape index (κ2) is 8.68. The van der Waals surface area contributed by atoms with Gasteiger partial charge < -0.3 is 21.1 Å². The molecule has 5 nitrogen and oxygen atoms in total. The van der Waals surface area contributed by atoms with Crippen LogP contribution in [0.15, 0.2) is 24.3 Å². The number of benzene rings is 1. The fourth-order valence-electron chi connectivity index (χ4n) is 1.85. The Hall–Kier alpha value is -1.43. The highest BCUT2D eigenvalue weighted by Gasteiger charge is 2.08. The van der Waals surface area contributed by atoms with E-state index < -0.39 is 0 Å². The van der Waals surface area contributed by atoms with E-state index in [1.165, 1.54) is 0 Å². The molecule has 1 atom stereocenters. The van der Waals surface area contributed by atoms with E-state index in [-0.39, 0.29) is 18.6 Å². The van der Waals surface area contributed by atoms with Gasteiger partial charge in [0.1, 0.15) is 0 Å². The van der Waals surface area contributed by atoms with Crippen molar-refractivity contribution in [2.24, 2.45) is 5.73 Å². The van der Waals surface area contributed by atoms with E-state index in [2.05, 4.69) is 5.32 Å². The fourth-order valence-corrected chi connectivity index (χ4v) is 1.85. The average Bonchev–Trinajstić information content (AvgIpc) is 2.46. The lowest BCUT2D eigenvalue weighted by Crippen LogP contribution is -2.33. The van der Waals surface area contributed by atoms with E-state index in [1.54, 1.807) is 0 Å². The SMILES string of the molecule is CC(CO)N(C)CCCC(=O)Nc1cccc(CN)c1. The smallest absolute Gasteiger partial charge is 0.224 e. The van der Waals surface area contributed by atoms with Crippen LogP contribution in [0.25, 0.3) is 0 Å². The molecule has 0 aliphatic rings. The van der Waals surface area contributed by atoms with Gasteiger partial charge in [-0.25, -0.2) is 0 Å². The van der Waals surface area contributed by atoms with Crippen LogP contribution in [0.4, 0.5) is 5.69 Å². The van der Waals surface area contributed by atoms with Crippen molar-refractivity contribution in [3.8, 4) is 0 Å². The zero-order valence-corrected chi connectivity index (χ0v) is 12.3. The van der Waals surface area contributed by atoms with Gasteiger partial charge in [-0.3, -0.25) is 4.79 Å². The summed E-state index contributed by atoms with van der Waals surface area (Å²) in [5, 5.41) is 11.9. The fraction of sp³-hybridized carbons (Fsp3) is 0.533. The van der Waals surface area contributed by atoms with Crippen LogP contribution >= 0.6 is 0 Å². The molecule has 1 amide bonds. The first-order valence-electron chi connectivity index (χ1n) is 6.96. The first kappa shape index (κ1) is 16.6. The summed E-state index contributed by atoms with van der Waals surface area (Å²) < 4.78 is 0. The van der Waals surface area contributed by atoms with Crippen molar-refractivity contribution in [3.63, 3.8) is 0 Å². The van der Waals surface area contributed by atoms with Crippen LogP contribution in [-0.4, -0.2) is 42.2 Å². The van der Waals surface area contributed by atoms with Crippen molar-refractivity contribution in [3.05, 3.63) is 29.8 Å². The number of nitrogens with zero attached hydrogens (tertiary/aromatic N) is 1. The van der Waals surface area contributed by atoms with Crippen molar-refractivity contribution >= 4 is 11.6 Å². The quantitative estimate of drug-likeness (QED) is 0.667.